The van der Waals surface area contributed by atoms with Crippen molar-refractivity contribution in [3.8, 4) is 5.75 Å². The average molecular weight is 355 g/mol. The van der Waals surface area contributed by atoms with Crippen molar-refractivity contribution in [2.45, 2.75) is 24.8 Å². The van der Waals surface area contributed by atoms with Crippen LogP contribution in [0.1, 0.15) is 22.1 Å². The summed E-state index contributed by atoms with van der Waals surface area (Å²) < 4.78 is 32.0. The Bertz CT molecular complexity index is 770. The number of thiophene rings is 1. The maximum atomic E-state index is 12.8. The number of nitrogens with zero attached hydrogens (tertiary/aromatic N) is 1. The first-order chi connectivity index (χ1) is 10.8. The van der Waals surface area contributed by atoms with Gasteiger partial charge in [-0.1, -0.05) is 6.07 Å². The number of methoxy groups -OCH3 is 1. The lowest BCUT2D eigenvalue weighted by Gasteiger charge is -2.22. The van der Waals surface area contributed by atoms with E-state index in [9.17, 15) is 13.5 Å². The van der Waals surface area contributed by atoms with Gasteiger partial charge in [-0.3, -0.25) is 0 Å². The lowest BCUT2D eigenvalue weighted by atomic mass is 10.1. The highest BCUT2D eigenvalue weighted by Gasteiger charge is 2.27. The summed E-state index contributed by atoms with van der Waals surface area (Å²) >= 11 is 1.40. The zero-order valence-corrected chi connectivity index (χ0v) is 15.2. The molecule has 5 nitrogen and oxygen atoms in total. The van der Waals surface area contributed by atoms with Crippen LogP contribution in [-0.2, 0) is 10.0 Å². The number of aliphatic hydroxyl groups is 1. The van der Waals surface area contributed by atoms with E-state index in [2.05, 4.69) is 0 Å². The molecule has 2 rings (SSSR count). The Morgan fingerprint density at radius 3 is 2.52 bits per heavy atom. The molecule has 1 aromatic heterocycles. The molecule has 0 radical (unpaired) electrons. The summed E-state index contributed by atoms with van der Waals surface area (Å²) in [5.74, 6) is 0.311. The summed E-state index contributed by atoms with van der Waals surface area (Å²) in [6.07, 6.45) is -0.854. The van der Waals surface area contributed by atoms with E-state index in [1.165, 1.54) is 25.5 Å². The standard InChI is InChI=1S/C16H21NO4S2/c1-11-8-14(21-4)16(9-12(11)2)23(19,20)17(3)10-13(18)15-6-5-7-22-15/h5-9,13,18H,10H2,1-4H3. The maximum absolute atomic E-state index is 12.8. The van der Waals surface area contributed by atoms with E-state index < -0.39 is 16.1 Å². The van der Waals surface area contributed by atoms with Gasteiger partial charge in [0.25, 0.3) is 0 Å². The van der Waals surface area contributed by atoms with Gasteiger partial charge < -0.3 is 9.84 Å². The van der Waals surface area contributed by atoms with E-state index in [1.54, 1.807) is 18.2 Å². The lowest BCUT2D eigenvalue weighted by molar-refractivity contribution is 0.158. The molecule has 0 fully saturated rings. The van der Waals surface area contributed by atoms with Gasteiger partial charge >= 0.3 is 0 Å². The van der Waals surface area contributed by atoms with Gasteiger partial charge in [-0.2, -0.15) is 4.31 Å². The van der Waals surface area contributed by atoms with Crippen molar-refractivity contribution in [2.24, 2.45) is 0 Å². The third-order valence-electron chi connectivity index (χ3n) is 3.77. The second-order valence-electron chi connectivity index (χ2n) is 5.40. The Labute approximate surface area is 141 Å². The van der Waals surface area contributed by atoms with Crippen LogP contribution in [0.25, 0.3) is 0 Å². The Morgan fingerprint density at radius 2 is 1.96 bits per heavy atom. The number of aliphatic hydroxyl groups excluding tert-OH is 1. The van der Waals surface area contributed by atoms with Crippen molar-refractivity contribution >= 4 is 21.4 Å². The zero-order valence-electron chi connectivity index (χ0n) is 13.6. The maximum Gasteiger partial charge on any atom is 0.246 e. The van der Waals surface area contributed by atoms with Crippen LogP contribution in [0.2, 0.25) is 0 Å². The normalized spacial score (nSPS) is 13.3. The van der Waals surface area contributed by atoms with Crippen LogP contribution in [0.5, 0.6) is 5.75 Å². The van der Waals surface area contributed by atoms with Crippen LogP contribution >= 0.6 is 11.3 Å². The molecule has 1 unspecified atom stereocenters. The molecule has 0 amide bonds. The number of benzene rings is 1. The van der Waals surface area contributed by atoms with Gasteiger partial charge in [0.15, 0.2) is 0 Å². The smallest absolute Gasteiger partial charge is 0.246 e. The Kier molecular flexibility index (Phi) is 5.46. The van der Waals surface area contributed by atoms with E-state index in [0.29, 0.717) is 5.75 Å². The first-order valence-electron chi connectivity index (χ1n) is 7.10. The molecule has 0 saturated carbocycles. The second-order valence-corrected chi connectivity index (χ2v) is 8.40. The Hall–Kier alpha value is -1.41. The first-order valence-corrected chi connectivity index (χ1v) is 9.42. The van der Waals surface area contributed by atoms with Gasteiger partial charge in [-0.05, 0) is 48.6 Å². The van der Waals surface area contributed by atoms with E-state index in [4.69, 9.17) is 4.74 Å². The van der Waals surface area contributed by atoms with Crippen LogP contribution in [0.15, 0.2) is 34.5 Å². The molecular weight excluding hydrogens is 334 g/mol. The SMILES string of the molecule is COc1cc(C)c(C)cc1S(=O)(=O)N(C)CC(O)c1cccs1. The highest BCUT2D eigenvalue weighted by molar-refractivity contribution is 7.89. The second kappa shape index (κ2) is 7.00. The molecule has 126 valence electrons. The fourth-order valence-corrected chi connectivity index (χ4v) is 4.30. The molecule has 1 N–H and O–H groups in total. The van der Waals surface area contributed by atoms with Gasteiger partial charge in [0.2, 0.25) is 10.0 Å². The molecule has 0 aliphatic rings. The largest absolute Gasteiger partial charge is 0.495 e. The Balaban J connectivity index is 2.32. The number of likely N-dealkylation sites (N-methyl/N-ethyl adjacent to an activating group) is 1. The number of aryl methyl sites for hydroxylation is 2. The van der Waals surface area contributed by atoms with Crippen molar-refractivity contribution in [1.82, 2.24) is 4.31 Å². The van der Waals surface area contributed by atoms with Gasteiger partial charge in [0.05, 0.1) is 7.11 Å². The van der Waals surface area contributed by atoms with Gasteiger partial charge in [-0.15, -0.1) is 11.3 Å². The van der Waals surface area contributed by atoms with E-state index >= 15 is 0 Å². The summed E-state index contributed by atoms with van der Waals surface area (Å²) in [4.78, 5) is 0.850. The quantitative estimate of drug-likeness (QED) is 0.865. The molecule has 2 aromatic rings. The van der Waals surface area contributed by atoms with Crippen LogP contribution in [-0.4, -0.2) is 38.5 Å². The number of ether oxygens (including phenoxy) is 1. The molecule has 0 spiro atoms. The molecule has 1 aromatic carbocycles. The summed E-state index contributed by atoms with van der Waals surface area (Å²) in [6, 6.07) is 6.93. The van der Waals surface area contributed by atoms with Crippen LogP contribution in [0.3, 0.4) is 0 Å². The molecule has 1 atom stereocenters. The first kappa shape index (κ1) is 17.9. The molecule has 1 heterocycles. The predicted molar refractivity (Wildman–Crippen MR) is 91.6 cm³/mol. The molecule has 23 heavy (non-hydrogen) atoms. The number of hydrogen-bond acceptors (Lipinski definition) is 5. The molecule has 0 aliphatic heterocycles. The molecule has 7 heteroatoms. The summed E-state index contributed by atoms with van der Waals surface area (Å²) in [5, 5.41) is 12.0. The third kappa shape index (κ3) is 3.74. The molecule has 0 saturated heterocycles. The topological polar surface area (TPSA) is 66.8 Å². The van der Waals surface area contributed by atoms with Crippen molar-refractivity contribution in [1.29, 1.82) is 0 Å². The van der Waals surface area contributed by atoms with Gasteiger partial charge in [0, 0.05) is 18.5 Å². The third-order valence-corrected chi connectivity index (χ3v) is 6.59. The Morgan fingerprint density at radius 1 is 1.30 bits per heavy atom. The lowest BCUT2D eigenvalue weighted by Crippen LogP contribution is -2.31. The van der Waals surface area contributed by atoms with E-state index in [-0.39, 0.29) is 11.4 Å². The number of hydrogen-bond donors (Lipinski definition) is 1. The van der Waals surface area contributed by atoms with Gasteiger partial charge in [-0.25, -0.2) is 8.42 Å². The van der Waals surface area contributed by atoms with Crippen molar-refractivity contribution < 1.29 is 18.3 Å². The minimum atomic E-state index is -3.75. The highest BCUT2D eigenvalue weighted by Crippen LogP contribution is 2.30. The summed E-state index contributed by atoms with van der Waals surface area (Å²) in [5.41, 5.74) is 1.83. The number of rotatable bonds is 6. The van der Waals surface area contributed by atoms with Crippen molar-refractivity contribution in [3.63, 3.8) is 0 Å². The molecule has 0 bridgehead atoms. The molecular formula is C16H21NO4S2. The molecule has 0 aliphatic carbocycles. The highest BCUT2D eigenvalue weighted by atomic mass is 32.2. The fraction of sp³-hybridized carbons (Fsp3) is 0.375. The van der Waals surface area contributed by atoms with E-state index in [1.807, 2.05) is 25.3 Å². The van der Waals surface area contributed by atoms with Crippen LogP contribution in [0, 0.1) is 13.8 Å². The monoisotopic (exact) mass is 355 g/mol. The fourth-order valence-electron chi connectivity index (χ4n) is 2.20. The minimum Gasteiger partial charge on any atom is -0.495 e. The van der Waals surface area contributed by atoms with Crippen LogP contribution < -0.4 is 4.74 Å². The average Bonchev–Trinajstić information content (AvgIpc) is 3.03. The van der Waals surface area contributed by atoms with Crippen LogP contribution in [0.4, 0.5) is 0 Å². The summed E-state index contributed by atoms with van der Waals surface area (Å²) in [7, 11) is -0.847. The van der Waals surface area contributed by atoms with Gasteiger partial charge in [0.1, 0.15) is 16.7 Å². The summed E-state index contributed by atoms with van der Waals surface area (Å²) in [6.45, 7) is 3.74. The zero-order chi connectivity index (χ0) is 17.2. The van der Waals surface area contributed by atoms with Crippen molar-refractivity contribution in [3.05, 3.63) is 45.6 Å². The van der Waals surface area contributed by atoms with Crippen molar-refractivity contribution in [2.75, 3.05) is 20.7 Å². The predicted octanol–water partition coefficient (Wildman–Crippen LogP) is 2.73. The van der Waals surface area contributed by atoms with E-state index in [0.717, 1.165) is 20.3 Å². The number of sulfonamides is 1. The minimum absolute atomic E-state index is 0.0150.